The number of hydrogen-bond acceptors (Lipinski definition) is 2. The molecule has 2 nitrogen and oxygen atoms in total. The Kier molecular flexibility index (Phi) is 2.67. The Balaban J connectivity index is 1.99. The first-order chi connectivity index (χ1) is 8.77. The molecule has 0 spiro atoms. The molecular weight excluding hydrogens is 229 g/mol. The van der Waals surface area contributed by atoms with Gasteiger partial charge in [0.25, 0.3) is 0 Å². The van der Waals surface area contributed by atoms with E-state index in [1.807, 2.05) is 24.3 Å². The van der Waals surface area contributed by atoms with Gasteiger partial charge in [0.2, 0.25) is 0 Å². The predicted molar refractivity (Wildman–Crippen MR) is 66.0 cm³/mol. The third-order valence-electron chi connectivity index (χ3n) is 3.49. The summed E-state index contributed by atoms with van der Waals surface area (Å²) in [5.41, 5.74) is 2.38. The average molecular weight is 241 g/mol. The summed E-state index contributed by atoms with van der Waals surface area (Å²) in [4.78, 5) is 16.0. The summed E-state index contributed by atoms with van der Waals surface area (Å²) in [7, 11) is 0. The molecule has 3 heteroatoms. The van der Waals surface area contributed by atoms with Crippen molar-refractivity contribution in [2.45, 2.75) is 18.8 Å². The van der Waals surface area contributed by atoms with Gasteiger partial charge in [-0.25, -0.2) is 4.39 Å². The van der Waals surface area contributed by atoms with Gasteiger partial charge in [-0.2, -0.15) is 0 Å². The number of pyridine rings is 1. The maximum atomic E-state index is 13.6. The van der Waals surface area contributed by atoms with Gasteiger partial charge in [0.1, 0.15) is 0 Å². The number of aromatic nitrogens is 1. The van der Waals surface area contributed by atoms with E-state index < -0.39 is 5.82 Å². The lowest BCUT2D eigenvalue weighted by molar-refractivity contribution is 0.0955. The van der Waals surface area contributed by atoms with E-state index in [4.69, 9.17) is 0 Å². The third-order valence-corrected chi connectivity index (χ3v) is 3.49. The molecular formula is C15H12FNO. The summed E-state index contributed by atoms with van der Waals surface area (Å²) in [6.07, 6.45) is 4.20. The second kappa shape index (κ2) is 4.33. The van der Waals surface area contributed by atoms with E-state index in [-0.39, 0.29) is 17.3 Å². The van der Waals surface area contributed by atoms with Crippen LogP contribution in [0, 0.1) is 5.82 Å². The zero-order chi connectivity index (χ0) is 12.5. The number of nitrogens with zero attached hydrogens (tertiary/aromatic N) is 1. The Morgan fingerprint density at radius 3 is 2.94 bits per heavy atom. The van der Waals surface area contributed by atoms with Gasteiger partial charge in [0.15, 0.2) is 11.6 Å². The minimum atomic E-state index is -0.535. The highest BCUT2D eigenvalue weighted by Crippen LogP contribution is 2.35. The lowest BCUT2D eigenvalue weighted by atomic mass is 9.92. The van der Waals surface area contributed by atoms with Gasteiger partial charge in [-0.3, -0.25) is 9.78 Å². The van der Waals surface area contributed by atoms with Crippen molar-refractivity contribution in [2.24, 2.45) is 0 Å². The molecule has 2 aromatic rings. The third kappa shape index (κ3) is 1.72. The summed E-state index contributed by atoms with van der Waals surface area (Å²) in [6, 6.07) is 9.35. The van der Waals surface area contributed by atoms with Gasteiger partial charge in [-0.1, -0.05) is 24.3 Å². The Labute approximate surface area is 104 Å². The lowest BCUT2D eigenvalue weighted by Gasteiger charge is -2.10. The minimum Gasteiger partial charge on any atom is -0.293 e. The molecule has 0 radical (unpaired) electrons. The summed E-state index contributed by atoms with van der Waals surface area (Å²) in [6.45, 7) is 0. The maximum absolute atomic E-state index is 13.6. The smallest absolute Gasteiger partial charge is 0.173 e. The zero-order valence-corrected chi connectivity index (χ0v) is 9.77. The number of carbonyl (C=O) groups excluding carboxylic acids is 1. The van der Waals surface area contributed by atoms with Gasteiger partial charge in [0, 0.05) is 12.1 Å². The molecule has 1 aliphatic rings. The standard InChI is InChI=1S/C15H12FNO/c16-14-9-17-8-7-13(14)15(18)12-6-5-10-3-1-2-4-11(10)12/h1-4,7-9,12H,5-6H2. The predicted octanol–water partition coefficient (Wildman–Crippen LogP) is 3.13. The van der Waals surface area contributed by atoms with Crippen LogP contribution in [0.25, 0.3) is 0 Å². The SMILES string of the molecule is O=C(c1ccncc1F)C1CCc2ccccc21. The van der Waals surface area contributed by atoms with Crippen LogP contribution in [0.5, 0.6) is 0 Å². The monoisotopic (exact) mass is 241 g/mol. The van der Waals surface area contributed by atoms with E-state index in [2.05, 4.69) is 4.98 Å². The number of rotatable bonds is 2. The highest BCUT2D eigenvalue weighted by molar-refractivity contribution is 6.01. The van der Waals surface area contributed by atoms with Gasteiger partial charge < -0.3 is 0 Å². The first-order valence-corrected chi connectivity index (χ1v) is 5.99. The van der Waals surface area contributed by atoms with Crippen molar-refractivity contribution in [3.63, 3.8) is 0 Å². The van der Waals surface area contributed by atoms with E-state index in [0.29, 0.717) is 0 Å². The molecule has 0 saturated carbocycles. The molecule has 1 aromatic carbocycles. The minimum absolute atomic E-state index is 0.139. The molecule has 0 fully saturated rings. The van der Waals surface area contributed by atoms with Crippen molar-refractivity contribution < 1.29 is 9.18 Å². The van der Waals surface area contributed by atoms with Crippen molar-refractivity contribution in [3.8, 4) is 0 Å². The number of Topliss-reactive ketones (excluding diaryl/α,β-unsaturated/α-hetero) is 1. The number of fused-ring (bicyclic) bond motifs is 1. The molecule has 0 bridgehead atoms. The normalized spacial score (nSPS) is 17.5. The summed E-state index contributed by atoms with van der Waals surface area (Å²) in [5.74, 6) is -0.884. The molecule has 1 atom stereocenters. The number of hydrogen-bond donors (Lipinski definition) is 0. The van der Waals surface area contributed by atoms with Crippen molar-refractivity contribution in [1.82, 2.24) is 4.98 Å². The fourth-order valence-electron chi connectivity index (χ4n) is 2.59. The van der Waals surface area contributed by atoms with Crippen LogP contribution in [0.15, 0.2) is 42.7 Å². The first-order valence-electron chi connectivity index (χ1n) is 5.99. The molecule has 0 amide bonds. The van der Waals surface area contributed by atoms with Crippen LogP contribution in [0.3, 0.4) is 0 Å². The van der Waals surface area contributed by atoms with Gasteiger partial charge >= 0.3 is 0 Å². The van der Waals surface area contributed by atoms with E-state index >= 15 is 0 Å². The number of benzene rings is 1. The van der Waals surface area contributed by atoms with Crippen molar-refractivity contribution in [1.29, 1.82) is 0 Å². The van der Waals surface area contributed by atoms with Crippen LogP contribution < -0.4 is 0 Å². The van der Waals surface area contributed by atoms with Crippen molar-refractivity contribution in [2.75, 3.05) is 0 Å². The Morgan fingerprint density at radius 2 is 2.11 bits per heavy atom. The highest BCUT2D eigenvalue weighted by atomic mass is 19.1. The van der Waals surface area contributed by atoms with E-state index in [1.165, 1.54) is 17.8 Å². The molecule has 0 saturated heterocycles. The van der Waals surface area contributed by atoms with Gasteiger partial charge in [-0.15, -0.1) is 0 Å². The van der Waals surface area contributed by atoms with E-state index in [1.54, 1.807) is 0 Å². The molecule has 90 valence electrons. The van der Waals surface area contributed by atoms with Gasteiger partial charge in [0.05, 0.1) is 11.8 Å². The van der Waals surface area contributed by atoms with Crippen molar-refractivity contribution in [3.05, 3.63) is 65.2 Å². The average Bonchev–Trinajstić information content (AvgIpc) is 2.82. The quantitative estimate of drug-likeness (QED) is 0.756. The first kappa shape index (κ1) is 11.1. The second-order valence-corrected chi connectivity index (χ2v) is 4.51. The molecule has 1 unspecified atom stereocenters. The molecule has 0 N–H and O–H groups in total. The van der Waals surface area contributed by atoms with Crippen LogP contribution in [-0.4, -0.2) is 10.8 Å². The second-order valence-electron chi connectivity index (χ2n) is 4.51. The number of carbonyl (C=O) groups is 1. The van der Waals surface area contributed by atoms with Crippen LogP contribution in [0.4, 0.5) is 4.39 Å². The number of ketones is 1. The fraction of sp³-hybridized carbons (Fsp3) is 0.200. The topological polar surface area (TPSA) is 30.0 Å². The number of aryl methyl sites for hydroxylation is 1. The van der Waals surface area contributed by atoms with Crippen molar-refractivity contribution >= 4 is 5.78 Å². The fourth-order valence-corrected chi connectivity index (χ4v) is 2.59. The molecule has 1 heterocycles. The summed E-state index contributed by atoms with van der Waals surface area (Å²) in [5, 5.41) is 0. The number of halogens is 1. The summed E-state index contributed by atoms with van der Waals surface area (Å²) < 4.78 is 13.6. The largest absolute Gasteiger partial charge is 0.293 e. The molecule has 18 heavy (non-hydrogen) atoms. The Bertz CT molecular complexity index is 609. The van der Waals surface area contributed by atoms with Crippen LogP contribution in [-0.2, 0) is 6.42 Å². The molecule has 1 aromatic heterocycles. The Hall–Kier alpha value is -2.03. The van der Waals surface area contributed by atoms with Crippen LogP contribution in [0.2, 0.25) is 0 Å². The molecule has 1 aliphatic carbocycles. The van der Waals surface area contributed by atoms with Crippen LogP contribution >= 0.6 is 0 Å². The Morgan fingerprint density at radius 1 is 1.28 bits per heavy atom. The zero-order valence-electron chi connectivity index (χ0n) is 9.77. The van der Waals surface area contributed by atoms with E-state index in [0.717, 1.165) is 24.6 Å². The highest BCUT2D eigenvalue weighted by Gasteiger charge is 2.30. The molecule has 3 rings (SSSR count). The van der Waals surface area contributed by atoms with E-state index in [9.17, 15) is 9.18 Å². The van der Waals surface area contributed by atoms with Gasteiger partial charge in [-0.05, 0) is 30.0 Å². The molecule has 0 aliphatic heterocycles. The maximum Gasteiger partial charge on any atom is 0.173 e. The van der Waals surface area contributed by atoms with Crippen LogP contribution in [0.1, 0.15) is 33.8 Å². The summed E-state index contributed by atoms with van der Waals surface area (Å²) >= 11 is 0. The lowest BCUT2D eigenvalue weighted by Crippen LogP contribution is -2.12.